The molecular formula is C25H32N2O4S2. The van der Waals surface area contributed by atoms with Crippen LogP contribution in [0.15, 0.2) is 53.5 Å². The van der Waals surface area contributed by atoms with Crippen LogP contribution in [0, 0.1) is 6.92 Å². The molecule has 0 aliphatic heterocycles. The number of aryl methyl sites for hydroxylation is 1. The number of carbonyl (C=O) groups excluding carboxylic acids is 1. The third-order valence-electron chi connectivity index (χ3n) is 5.19. The minimum absolute atomic E-state index is 0.0286. The second kappa shape index (κ2) is 11.5. The fourth-order valence-corrected chi connectivity index (χ4v) is 5.04. The van der Waals surface area contributed by atoms with Gasteiger partial charge in [0.2, 0.25) is 10.0 Å². The number of esters is 1. The smallest absolute Gasteiger partial charge is 0.338 e. The second-order valence-corrected chi connectivity index (χ2v) is 10.9. The summed E-state index contributed by atoms with van der Waals surface area (Å²) in [6.45, 7) is 14.1. The number of sulfonamides is 1. The van der Waals surface area contributed by atoms with Gasteiger partial charge in [-0.05, 0) is 44.4 Å². The molecule has 0 aliphatic rings. The largest absolute Gasteiger partial charge is 0.465 e. The molecule has 2 rings (SSSR count). The van der Waals surface area contributed by atoms with E-state index in [1.807, 2.05) is 52.8 Å². The summed E-state index contributed by atoms with van der Waals surface area (Å²) in [6.07, 6.45) is 6.37. The van der Waals surface area contributed by atoms with Crippen LogP contribution in [0.25, 0.3) is 5.57 Å². The normalized spacial score (nSPS) is 12.5. The van der Waals surface area contributed by atoms with Gasteiger partial charge in [-0.1, -0.05) is 50.3 Å². The third kappa shape index (κ3) is 6.96. The first-order chi connectivity index (χ1) is 15.5. The molecule has 0 bridgehead atoms. The van der Waals surface area contributed by atoms with E-state index in [0.717, 1.165) is 32.3 Å². The zero-order valence-electron chi connectivity index (χ0n) is 20.1. The van der Waals surface area contributed by atoms with E-state index in [-0.39, 0.29) is 22.9 Å². The highest BCUT2D eigenvalue weighted by Gasteiger charge is 2.21. The topological polar surface area (TPSA) is 85.4 Å². The van der Waals surface area contributed by atoms with Crippen molar-refractivity contribution in [1.29, 1.82) is 0 Å². The molecular weight excluding hydrogens is 456 g/mol. The molecule has 0 aliphatic carbocycles. The summed E-state index contributed by atoms with van der Waals surface area (Å²) in [5.41, 5.74) is 3.79. The number of aromatic nitrogens is 1. The van der Waals surface area contributed by atoms with Gasteiger partial charge in [-0.15, -0.1) is 11.3 Å². The first-order valence-electron chi connectivity index (χ1n) is 10.7. The second-order valence-electron chi connectivity index (χ2n) is 7.96. The molecule has 0 unspecified atom stereocenters. The summed E-state index contributed by atoms with van der Waals surface area (Å²) in [7, 11) is -2.52. The number of allylic oxidation sites excluding steroid dienone is 5. The Balaban J connectivity index is 2.13. The Morgan fingerprint density at radius 1 is 1.30 bits per heavy atom. The van der Waals surface area contributed by atoms with Crippen molar-refractivity contribution in [3.8, 4) is 0 Å². The van der Waals surface area contributed by atoms with Crippen molar-refractivity contribution in [2.75, 3.05) is 13.7 Å². The number of methoxy groups -OCH3 is 1. The van der Waals surface area contributed by atoms with Crippen molar-refractivity contribution in [2.24, 2.45) is 0 Å². The van der Waals surface area contributed by atoms with Gasteiger partial charge in [0.1, 0.15) is 5.01 Å². The molecule has 178 valence electrons. The van der Waals surface area contributed by atoms with Crippen molar-refractivity contribution < 1.29 is 17.9 Å². The number of nitrogens with one attached hydrogen (secondary N) is 1. The number of thiazole rings is 1. The van der Waals surface area contributed by atoms with E-state index < -0.39 is 16.0 Å². The van der Waals surface area contributed by atoms with Gasteiger partial charge in [-0.3, -0.25) is 0 Å². The highest BCUT2D eigenvalue weighted by Crippen LogP contribution is 2.26. The van der Waals surface area contributed by atoms with E-state index in [9.17, 15) is 13.2 Å². The summed E-state index contributed by atoms with van der Waals surface area (Å²) < 4.78 is 33.1. The standard InChI is InChI=1S/C25H32N2O4S2/c1-8-17(4)9-10-18(5)24-27-23(19(6)32-24)13-14-26-33(29,30)20-11-12-21(16(2)3)22(15-20)25(28)31-7/h8-12,15-16,26H,5,13-14H2,1-4,6-7H3/b10-9-,17-8-. The quantitative estimate of drug-likeness (QED) is 0.357. The molecule has 1 aromatic heterocycles. The summed E-state index contributed by atoms with van der Waals surface area (Å²) in [5.74, 6) is -0.502. The van der Waals surface area contributed by atoms with Crippen molar-refractivity contribution in [1.82, 2.24) is 9.71 Å². The van der Waals surface area contributed by atoms with E-state index in [1.165, 1.54) is 30.6 Å². The van der Waals surface area contributed by atoms with Crippen molar-refractivity contribution in [3.05, 3.63) is 75.3 Å². The number of nitrogens with zero attached hydrogens (tertiary/aromatic N) is 1. The summed E-state index contributed by atoms with van der Waals surface area (Å²) >= 11 is 1.54. The molecule has 0 saturated carbocycles. The molecule has 0 radical (unpaired) electrons. The maximum atomic E-state index is 12.8. The number of carbonyl (C=O) groups is 1. The summed E-state index contributed by atoms with van der Waals surface area (Å²) in [5, 5.41) is 0.817. The maximum absolute atomic E-state index is 12.8. The predicted molar refractivity (Wildman–Crippen MR) is 135 cm³/mol. The molecule has 0 fully saturated rings. The maximum Gasteiger partial charge on any atom is 0.338 e. The molecule has 0 atom stereocenters. The zero-order valence-corrected chi connectivity index (χ0v) is 21.7. The number of hydrogen-bond acceptors (Lipinski definition) is 6. The van der Waals surface area contributed by atoms with Gasteiger partial charge in [-0.2, -0.15) is 0 Å². The van der Waals surface area contributed by atoms with Crippen LogP contribution in [0.5, 0.6) is 0 Å². The summed E-state index contributed by atoms with van der Waals surface area (Å²) in [4.78, 5) is 17.8. The van der Waals surface area contributed by atoms with Crippen molar-refractivity contribution in [2.45, 2.75) is 51.9 Å². The molecule has 0 amide bonds. The van der Waals surface area contributed by atoms with E-state index in [2.05, 4.69) is 16.3 Å². The van der Waals surface area contributed by atoms with E-state index >= 15 is 0 Å². The van der Waals surface area contributed by atoms with Crippen LogP contribution in [0.4, 0.5) is 0 Å². The Morgan fingerprint density at radius 3 is 2.61 bits per heavy atom. The zero-order chi connectivity index (χ0) is 24.8. The number of hydrogen-bond donors (Lipinski definition) is 1. The Hall–Kier alpha value is -2.55. The molecule has 0 saturated heterocycles. The lowest BCUT2D eigenvalue weighted by atomic mass is 9.97. The monoisotopic (exact) mass is 488 g/mol. The first kappa shape index (κ1) is 26.7. The highest BCUT2D eigenvalue weighted by atomic mass is 32.2. The van der Waals surface area contributed by atoms with Gasteiger partial charge in [0.05, 0.1) is 23.3 Å². The predicted octanol–water partition coefficient (Wildman–Crippen LogP) is 5.42. The fourth-order valence-electron chi connectivity index (χ4n) is 3.08. The number of benzene rings is 1. The Morgan fingerprint density at radius 2 is 2.00 bits per heavy atom. The number of ether oxygens (including phenoxy) is 1. The first-order valence-corrected chi connectivity index (χ1v) is 13.0. The molecule has 1 heterocycles. The van der Waals surface area contributed by atoms with Crippen LogP contribution in [0.3, 0.4) is 0 Å². The lowest BCUT2D eigenvalue weighted by Crippen LogP contribution is -2.26. The minimum Gasteiger partial charge on any atom is -0.465 e. The lowest BCUT2D eigenvalue weighted by molar-refractivity contribution is 0.0598. The van der Waals surface area contributed by atoms with Crippen LogP contribution in [0.2, 0.25) is 0 Å². The van der Waals surface area contributed by atoms with Crippen molar-refractivity contribution in [3.63, 3.8) is 0 Å². The van der Waals surface area contributed by atoms with Crippen molar-refractivity contribution >= 4 is 32.9 Å². The van der Waals surface area contributed by atoms with Gasteiger partial charge in [0.15, 0.2) is 0 Å². The van der Waals surface area contributed by atoms with Gasteiger partial charge in [-0.25, -0.2) is 22.9 Å². The molecule has 8 heteroatoms. The van der Waals surface area contributed by atoms with Crippen LogP contribution in [-0.2, 0) is 21.2 Å². The van der Waals surface area contributed by atoms with Crippen LogP contribution in [-0.4, -0.2) is 33.0 Å². The van der Waals surface area contributed by atoms with E-state index in [0.29, 0.717) is 6.42 Å². The molecule has 33 heavy (non-hydrogen) atoms. The van der Waals surface area contributed by atoms with E-state index in [4.69, 9.17) is 4.74 Å². The molecule has 6 nitrogen and oxygen atoms in total. The minimum atomic E-state index is -3.80. The van der Waals surface area contributed by atoms with Gasteiger partial charge < -0.3 is 4.74 Å². The van der Waals surface area contributed by atoms with E-state index in [1.54, 1.807) is 6.07 Å². The molecule has 1 N–H and O–H groups in total. The SMILES string of the molecule is C=C(/C=C\C(C)=C/C)c1nc(CCNS(=O)(=O)c2ccc(C(C)C)c(C(=O)OC)c2)c(C)s1. The molecule has 1 aromatic carbocycles. The Labute approximate surface area is 201 Å². The van der Waals surface area contributed by atoms with Crippen LogP contribution in [0.1, 0.15) is 65.1 Å². The Kier molecular flexibility index (Phi) is 9.34. The summed E-state index contributed by atoms with van der Waals surface area (Å²) in [6, 6.07) is 4.55. The highest BCUT2D eigenvalue weighted by molar-refractivity contribution is 7.89. The lowest BCUT2D eigenvalue weighted by Gasteiger charge is -2.13. The van der Waals surface area contributed by atoms with Gasteiger partial charge in [0.25, 0.3) is 0 Å². The molecule has 0 spiro atoms. The third-order valence-corrected chi connectivity index (χ3v) is 7.73. The van der Waals surface area contributed by atoms with Crippen LogP contribution >= 0.6 is 11.3 Å². The number of rotatable bonds is 10. The van der Waals surface area contributed by atoms with Crippen LogP contribution < -0.4 is 4.72 Å². The van der Waals surface area contributed by atoms with Gasteiger partial charge in [0, 0.05) is 23.4 Å². The fraction of sp³-hybridized carbons (Fsp3) is 0.360. The van der Waals surface area contributed by atoms with Gasteiger partial charge >= 0.3 is 5.97 Å². The Bertz CT molecular complexity index is 1190. The molecule has 2 aromatic rings. The average molecular weight is 489 g/mol. The average Bonchev–Trinajstić information content (AvgIpc) is 3.16.